The lowest BCUT2D eigenvalue weighted by Gasteiger charge is -2.28. The van der Waals surface area contributed by atoms with Gasteiger partial charge in [0.1, 0.15) is 16.9 Å². The first kappa shape index (κ1) is 14.1. The molecule has 0 amide bonds. The van der Waals surface area contributed by atoms with Crippen LogP contribution in [-0.2, 0) is 6.42 Å². The van der Waals surface area contributed by atoms with Gasteiger partial charge in [-0.05, 0) is 23.8 Å². The fourth-order valence-electron chi connectivity index (χ4n) is 2.54. The summed E-state index contributed by atoms with van der Waals surface area (Å²) in [6.45, 7) is 1.58. The molecule has 0 bridgehead atoms. The maximum atomic E-state index is 10.3. The smallest absolute Gasteiger partial charge is 0.135 e. The van der Waals surface area contributed by atoms with E-state index in [2.05, 4.69) is 0 Å². The van der Waals surface area contributed by atoms with Gasteiger partial charge in [-0.15, -0.1) is 0 Å². The van der Waals surface area contributed by atoms with Gasteiger partial charge in [-0.2, -0.15) is 0 Å². The van der Waals surface area contributed by atoms with E-state index in [0.717, 1.165) is 27.5 Å². The second-order valence-electron chi connectivity index (χ2n) is 5.68. The molecule has 1 heterocycles. The Bertz CT molecular complexity index is 776. The number of furan rings is 1. The third-order valence-electron chi connectivity index (χ3n) is 4.06. The van der Waals surface area contributed by atoms with Gasteiger partial charge in [0.15, 0.2) is 0 Å². The minimum absolute atomic E-state index is 0.149. The van der Waals surface area contributed by atoms with Gasteiger partial charge in [0, 0.05) is 29.7 Å². The molecule has 1 aromatic heterocycles. The van der Waals surface area contributed by atoms with Crippen LogP contribution in [0.5, 0.6) is 0 Å². The molecule has 3 rings (SSSR count). The van der Waals surface area contributed by atoms with Crippen molar-refractivity contribution in [3.63, 3.8) is 0 Å². The Hall–Kier alpha value is -1.88. The average Bonchev–Trinajstić information content (AvgIpc) is 2.84. The van der Waals surface area contributed by atoms with Gasteiger partial charge in [-0.1, -0.05) is 31.2 Å². The second kappa shape index (κ2) is 5.15. The third-order valence-corrected chi connectivity index (χ3v) is 4.06. The predicted molar refractivity (Wildman–Crippen MR) is 82.8 cm³/mol. The summed E-state index contributed by atoms with van der Waals surface area (Å²) < 4.78 is 5.77. The SMILES string of the molecule is CC(CO)C(N)(O)Cc1ccc2oc3ccccc3c2c1. The molecule has 0 aliphatic heterocycles. The molecule has 2 atom stereocenters. The maximum absolute atomic E-state index is 10.3. The molecule has 0 fully saturated rings. The summed E-state index contributed by atoms with van der Waals surface area (Å²) in [5.41, 5.74) is 7.05. The summed E-state index contributed by atoms with van der Waals surface area (Å²) in [6.07, 6.45) is 0.282. The highest BCUT2D eigenvalue weighted by Gasteiger charge is 2.29. The topological polar surface area (TPSA) is 79.6 Å². The molecule has 110 valence electrons. The zero-order chi connectivity index (χ0) is 15.0. The van der Waals surface area contributed by atoms with Gasteiger partial charge in [-0.3, -0.25) is 0 Å². The number of para-hydroxylation sites is 1. The molecule has 4 nitrogen and oxygen atoms in total. The minimum Gasteiger partial charge on any atom is -0.456 e. The minimum atomic E-state index is -1.43. The van der Waals surface area contributed by atoms with E-state index in [1.165, 1.54) is 0 Å². The van der Waals surface area contributed by atoms with Crippen LogP contribution in [0.3, 0.4) is 0 Å². The molecule has 4 N–H and O–H groups in total. The number of aliphatic hydroxyl groups is 2. The second-order valence-corrected chi connectivity index (χ2v) is 5.68. The van der Waals surface area contributed by atoms with Crippen molar-refractivity contribution < 1.29 is 14.6 Å². The summed E-state index contributed by atoms with van der Waals surface area (Å²) in [5, 5.41) is 21.5. The standard InChI is InChI=1S/C17H19NO3/c1-11(10-19)17(18,20)9-12-6-7-16-14(8-12)13-4-2-3-5-15(13)21-16/h2-8,11,19-20H,9-10,18H2,1H3. The molecular weight excluding hydrogens is 266 g/mol. The highest BCUT2D eigenvalue weighted by molar-refractivity contribution is 6.04. The Labute approximate surface area is 122 Å². The van der Waals surface area contributed by atoms with Gasteiger partial charge >= 0.3 is 0 Å². The molecule has 4 heteroatoms. The van der Waals surface area contributed by atoms with Crippen LogP contribution in [0.25, 0.3) is 21.9 Å². The molecule has 0 aliphatic carbocycles. The van der Waals surface area contributed by atoms with Crippen molar-refractivity contribution in [3.05, 3.63) is 48.0 Å². The summed E-state index contributed by atoms with van der Waals surface area (Å²) in [4.78, 5) is 0. The summed E-state index contributed by atoms with van der Waals surface area (Å²) in [6, 6.07) is 13.6. The summed E-state index contributed by atoms with van der Waals surface area (Å²) >= 11 is 0. The van der Waals surface area contributed by atoms with Crippen LogP contribution in [-0.4, -0.2) is 22.5 Å². The van der Waals surface area contributed by atoms with Gasteiger partial charge in [0.25, 0.3) is 0 Å². The molecule has 0 aliphatic rings. The average molecular weight is 285 g/mol. The molecule has 0 spiro atoms. The van der Waals surface area contributed by atoms with E-state index in [-0.39, 0.29) is 13.0 Å². The first-order valence-corrected chi connectivity index (χ1v) is 7.03. The van der Waals surface area contributed by atoms with Gasteiger partial charge in [0.05, 0.1) is 0 Å². The zero-order valence-electron chi connectivity index (χ0n) is 11.9. The molecule has 0 saturated carbocycles. The molecule has 2 unspecified atom stereocenters. The third kappa shape index (κ3) is 2.53. The lowest BCUT2D eigenvalue weighted by molar-refractivity contribution is -0.0265. The lowest BCUT2D eigenvalue weighted by atomic mass is 9.91. The van der Waals surface area contributed by atoms with Crippen molar-refractivity contribution in [1.82, 2.24) is 0 Å². The number of benzene rings is 2. The number of aliphatic hydroxyl groups excluding tert-OH is 1. The van der Waals surface area contributed by atoms with E-state index in [1.54, 1.807) is 6.92 Å². The first-order chi connectivity index (χ1) is 10.0. The van der Waals surface area contributed by atoms with E-state index >= 15 is 0 Å². The monoisotopic (exact) mass is 285 g/mol. The van der Waals surface area contributed by atoms with Gasteiger partial charge in [0.2, 0.25) is 0 Å². The van der Waals surface area contributed by atoms with Crippen molar-refractivity contribution in [1.29, 1.82) is 0 Å². The van der Waals surface area contributed by atoms with E-state index in [1.807, 2.05) is 42.5 Å². The lowest BCUT2D eigenvalue weighted by Crippen LogP contribution is -2.49. The normalized spacial score (nSPS) is 16.2. The summed E-state index contributed by atoms with van der Waals surface area (Å²) in [5.74, 6) is -0.394. The Kier molecular flexibility index (Phi) is 3.45. The van der Waals surface area contributed by atoms with Crippen molar-refractivity contribution in [2.45, 2.75) is 19.1 Å². The number of nitrogens with two attached hydrogens (primary N) is 1. The fourth-order valence-corrected chi connectivity index (χ4v) is 2.54. The van der Waals surface area contributed by atoms with Crippen LogP contribution >= 0.6 is 0 Å². The van der Waals surface area contributed by atoms with Crippen LogP contribution in [0.2, 0.25) is 0 Å². The molecule has 2 aromatic carbocycles. The van der Waals surface area contributed by atoms with E-state index in [9.17, 15) is 10.2 Å². The molecular formula is C17H19NO3. The predicted octanol–water partition coefficient (Wildman–Crippen LogP) is 2.40. The molecule has 0 saturated heterocycles. The van der Waals surface area contributed by atoms with E-state index < -0.39 is 11.6 Å². The Morgan fingerprint density at radius 1 is 1.14 bits per heavy atom. The van der Waals surface area contributed by atoms with Crippen molar-refractivity contribution in [2.24, 2.45) is 11.7 Å². The number of rotatable bonds is 4. The van der Waals surface area contributed by atoms with Crippen molar-refractivity contribution in [2.75, 3.05) is 6.61 Å². The van der Waals surface area contributed by atoms with E-state index in [4.69, 9.17) is 10.2 Å². The number of hydrogen-bond donors (Lipinski definition) is 3. The highest BCUT2D eigenvalue weighted by atomic mass is 16.3. The molecule has 3 aromatic rings. The van der Waals surface area contributed by atoms with Crippen molar-refractivity contribution in [3.8, 4) is 0 Å². The molecule has 21 heavy (non-hydrogen) atoms. The Morgan fingerprint density at radius 2 is 1.86 bits per heavy atom. The maximum Gasteiger partial charge on any atom is 0.135 e. The van der Waals surface area contributed by atoms with Gasteiger partial charge < -0.3 is 20.4 Å². The van der Waals surface area contributed by atoms with Crippen LogP contribution in [0.15, 0.2) is 46.9 Å². The molecule has 0 radical (unpaired) electrons. The van der Waals surface area contributed by atoms with Crippen LogP contribution < -0.4 is 5.73 Å². The number of hydrogen-bond acceptors (Lipinski definition) is 4. The van der Waals surface area contributed by atoms with Crippen LogP contribution in [0, 0.1) is 5.92 Å². The first-order valence-electron chi connectivity index (χ1n) is 7.03. The number of fused-ring (bicyclic) bond motifs is 3. The van der Waals surface area contributed by atoms with Gasteiger partial charge in [-0.25, -0.2) is 0 Å². The quantitative estimate of drug-likeness (QED) is 0.643. The zero-order valence-corrected chi connectivity index (χ0v) is 11.9. The Balaban J connectivity index is 2.03. The van der Waals surface area contributed by atoms with Crippen LogP contribution in [0.1, 0.15) is 12.5 Å². The highest BCUT2D eigenvalue weighted by Crippen LogP contribution is 2.30. The fraction of sp³-hybridized carbons (Fsp3) is 0.294. The van der Waals surface area contributed by atoms with E-state index in [0.29, 0.717) is 0 Å². The Morgan fingerprint density at radius 3 is 2.62 bits per heavy atom. The largest absolute Gasteiger partial charge is 0.456 e. The van der Waals surface area contributed by atoms with Crippen molar-refractivity contribution >= 4 is 21.9 Å². The van der Waals surface area contributed by atoms with Crippen LogP contribution in [0.4, 0.5) is 0 Å². The summed E-state index contributed by atoms with van der Waals surface area (Å²) in [7, 11) is 0.